The monoisotopic (exact) mass is 238 g/mol. The lowest BCUT2D eigenvalue weighted by Crippen LogP contribution is -2.33. The van der Waals surface area contributed by atoms with Crippen molar-refractivity contribution in [2.24, 2.45) is 35.5 Å². The molecule has 0 aromatic heterocycles. The van der Waals surface area contributed by atoms with Gasteiger partial charge in [-0.1, -0.05) is 0 Å². The standard InChI is InChI=1S/C14H22O3/c1-2-17-14(16)12-6-9-5-11(12)10-4-3-8(7-15)13(9)10/h8-13,15H,2-7H2,1H3. The van der Waals surface area contributed by atoms with Crippen molar-refractivity contribution in [1.29, 1.82) is 0 Å². The predicted octanol–water partition coefficient (Wildman–Crippen LogP) is 1.84. The van der Waals surface area contributed by atoms with Crippen LogP contribution in [0.1, 0.15) is 32.6 Å². The van der Waals surface area contributed by atoms with E-state index in [1.807, 2.05) is 6.92 Å². The Morgan fingerprint density at radius 2 is 2.12 bits per heavy atom. The highest BCUT2D eigenvalue weighted by atomic mass is 16.5. The number of aliphatic hydroxyl groups excluding tert-OH is 1. The Hall–Kier alpha value is -0.570. The summed E-state index contributed by atoms with van der Waals surface area (Å²) >= 11 is 0. The van der Waals surface area contributed by atoms with Crippen LogP contribution in [0.25, 0.3) is 0 Å². The summed E-state index contributed by atoms with van der Waals surface area (Å²) in [6.45, 7) is 2.72. The molecular formula is C14H22O3. The number of aliphatic hydroxyl groups is 1. The number of ether oxygens (including phenoxy) is 1. The van der Waals surface area contributed by atoms with Gasteiger partial charge in [0.15, 0.2) is 0 Å². The quantitative estimate of drug-likeness (QED) is 0.763. The Balaban J connectivity index is 1.72. The van der Waals surface area contributed by atoms with E-state index in [2.05, 4.69) is 0 Å². The van der Waals surface area contributed by atoms with Gasteiger partial charge in [-0.05, 0) is 62.2 Å². The third-order valence-electron chi connectivity index (χ3n) is 5.48. The van der Waals surface area contributed by atoms with Gasteiger partial charge in [0.25, 0.3) is 0 Å². The first kappa shape index (κ1) is 11.5. The number of rotatable bonds is 3. The first-order valence-electron chi connectivity index (χ1n) is 7.03. The summed E-state index contributed by atoms with van der Waals surface area (Å²) in [4.78, 5) is 11.9. The van der Waals surface area contributed by atoms with Crippen LogP contribution >= 0.6 is 0 Å². The Morgan fingerprint density at radius 3 is 2.82 bits per heavy atom. The maximum atomic E-state index is 11.9. The molecule has 0 heterocycles. The second-order valence-electron chi connectivity index (χ2n) is 6.02. The maximum Gasteiger partial charge on any atom is 0.309 e. The van der Waals surface area contributed by atoms with Gasteiger partial charge in [-0.25, -0.2) is 0 Å². The predicted molar refractivity (Wildman–Crippen MR) is 63.1 cm³/mol. The molecule has 0 amide bonds. The summed E-state index contributed by atoms with van der Waals surface area (Å²) in [6.07, 6.45) is 4.60. The van der Waals surface area contributed by atoms with Crippen molar-refractivity contribution in [3.63, 3.8) is 0 Å². The zero-order valence-corrected chi connectivity index (χ0v) is 10.5. The molecule has 3 rings (SSSR count). The van der Waals surface area contributed by atoms with E-state index >= 15 is 0 Å². The topological polar surface area (TPSA) is 46.5 Å². The smallest absolute Gasteiger partial charge is 0.309 e. The first-order valence-corrected chi connectivity index (χ1v) is 7.03. The molecule has 0 spiro atoms. The normalized spacial score (nSPS) is 47.2. The lowest BCUT2D eigenvalue weighted by atomic mass is 9.73. The Kier molecular flexibility index (Phi) is 2.89. The number of hydrogen-bond donors (Lipinski definition) is 1. The van der Waals surface area contributed by atoms with Crippen LogP contribution in [-0.2, 0) is 9.53 Å². The zero-order valence-electron chi connectivity index (χ0n) is 10.5. The third-order valence-corrected chi connectivity index (χ3v) is 5.48. The Bertz CT molecular complexity index is 315. The van der Waals surface area contributed by atoms with Crippen LogP contribution in [0.3, 0.4) is 0 Å². The molecule has 0 aliphatic heterocycles. The fraction of sp³-hybridized carbons (Fsp3) is 0.929. The van der Waals surface area contributed by atoms with Crippen molar-refractivity contribution >= 4 is 5.97 Å². The van der Waals surface area contributed by atoms with Gasteiger partial charge in [0.2, 0.25) is 0 Å². The van der Waals surface area contributed by atoms with Crippen molar-refractivity contribution in [2.45, 2.75) is 32.6 Å². The fourth-order valence-electron chi connectivity index (χ4n) is 5.01. The molecule has 6 unspecified atom stereocenters. The second kappa shape index (κ2) is 4.27. The van der Waals surface area contributed by atoms with Gasteiger partial charge in [-0.3, -0.25) is 4.79 Å². The van der Waals surface area contributed by atoms with Gasteiger partial charge in [-0.15, -0.1) is 0 Å². The summed E-state index contributed by atoms with van der Waals surface area (Å²) in [5.74, 6) is 3.35. The molecule has 3 heteroatoms. The maximum absolute atomic E-state index is 11.9. The molecule has 3 nitrogen and oxygen atoms in total. The molecule has 3 saturated carbocycles. The summed E-state index contributed by atoms with van der Waals surface area (Å²) < 4.78 is 5.19. The average Bonchev–Trinajstić information content (AvgIpc) is 3.00. The molecule has 96 valence electrons. The van der Waals surface area contributed by atoms with Crippen LogP contribution < -0.4 is 0 Å². The lowest BCUT2D eigenvalue weighted by molar-refractivity contribution is -0.151. The minimum atomic E-state index is 0.0332. The highest BCUT2D eigenvalue weighted by Gasteiger charge is 2.58. The number of carbonyl (C=O) groups is 1. The van der Waals surface area contributed by atoms with E-state index < -0.39 is 0 Å². The van der Waals surface area contributed by atoms with E-state index in [-0.39, 0.29) is 11.9 Å². The molecular weight excluding hydrogens is 216 g/mol. The molecule has 3 aliphatic rings. The van der Waals surface area contributed by atoms with E-state index in [1.165, 1.54) is 12.8 Å². The molecule has 3 fully saturated rings. The Morgan fingerprint density at radius 1 is 1.29 bits per heavy atom. The summed E-state index contributed by atoms with van der Waals surface area (Å²) in [5, 5.41) is 9.41. The van der Waals surface area contributed by atoms with E-state index in [9.17, 15) is 9.90 Å². The van der Waals surface area contributed by atoms with Crippen LogP contribution in [-0.4, -0.2) is 24.3 Å². The summed E-state index contributed by atoms with van der Waals surface area (Å²) in [5.41, 5.74) is 0. The SMILES string of the molecule is CCOC(=O)C1CC2CC1C1CCC(CO)C21. The lowest BCUT2D eigenvalue weighted by Gasteiger charge is -2.32. The van der Waals surface area contributed by atoms with Crippen LogP contribution in [0.15, 0.2) is 0 Å². The van der Waals surface area contributed by atoms with Gasteiger partial charge >= 0.3 is 5.97 Å². The average molecular weight is 238 g/mol. The van der Waals surface area contributed by atoms with E-state index in [1.54, 1.807) is 0 Å². The van der Waals surface area contributed by atoms with Gasteiger partial charge in [0.1, 0.15) is 0 Å². The van der Waals surface area contributed by atoms with E-state index in [0.717, 1.165) is 12.8 Å². The largest absolute Gasteiger partial charge is 0.466 e. The van der Waals surface area contributed by atoms with Crippen molar-refractivity contribution in [3.05, 3.63) is 0 Å². The van der Waals surface area contributed by atoms with Gasteiger partial charge in [0.05, 0.1) is 12.5 Å². The van der Waals surface area contributed by atoms with Crippen molar-refractivity contribution in [1.82, 2.24) is 0 Å². The van der Waals surface area contributed by atoms with E-state index in [4.69, 9.17) is 4.74 Å². The second-order valence-corrected chi connectivity index (χ2v) is 6.02. The molecule has 0 aromatic rings. The molecule has 0 saturated heterocycles. The van der Waals surface area contributed by atoms with Gasteiger partial charge < -0.3 is 9.84 Å². The van der Waals surface area contributed by atoms with Crippen molar-refractivity contribution in [2.75, 3.05) is 13.2 Å². The molecule has 1 N–H and O–H groups in total. The number of hydrogen-bond acceptors (Lipinski definition) is 3. The van der Waals surface area contributed by atoms with Gasteiger partial charge in [-0.2, -0.15) is 0 Å². The van der Waals surface area contributed by atoms with Gasteiger partial charge in [0, 0.05) is 6.61 Å². The third kappa shape index (κ3) is 1.62. The van der Waals surface area contributed by atoms with Crippen molar-refractivity contribution in [3.8, 4) is 0 Å². The summed E-state index contributed by atoms with van der Waals surface area (Å²) in [7, 11) is 0. The Labute approximate surface area is 103 Å². The van der Waals surface area contributed by atoms with Crippen LogP contribution in [0.4, 0.5) is 0 Å². The molecule has 17 heavy (non-hydrogen) atoms. The molecule has 0 aromatic carbocycles. The minimum absolute atomic E-state index is 0.0332. The molecule has 6 atom stereocenters. The zero-order chi connectivity index (χ0) is 12.0. The highest BCUT2D eigenvalue weighted by Crippen LogP contribution is 2.62. The van der Waals surface area contributed by atoms with Crippen molar-refractivity contribution < 1.29 is 14.6 Å². The summed E-state index contributed by atoms with van der Waals surface area (Å²) in [6, 6.07) is 0. The van der Waals surface area contributed by atoms with Crippen LogP contribution in [0.5, 0.6) is 0 Å². The molecule has 2 bridgehead atoms. The van der Waals surface area contributed by atoms with Crippen LogP contribution in [0, 0.1) is 35.5 Å². The molecule has 0 radical (unpaired) electrons. The number of esters is 1. The minimum Gasteiger partial charge on any atom is -0.466 e. The van der Waals surface area contributed by atoms with E-state index in [0.29, 0.717) is 42.8 Å². The molecule has 3 aliphatic carbocycles. The fourth-order valence-corrected chi connectivity index (χ4v) is 5.01. The number of carbonyl (C=O) groups excluding carboxylic acids is 1. The number of fused-ring (bicyclic) bond motifs is 5. The first-order chi connectivity index (χ1) is 8.26. The van der Waals surface area contributed by atoms with Crippen LogP contribution in [0.2, 0.25) is 0 Å². The highest BCUT2D eigenvalue weighted by molar-refractivity contribution is 5.73.